The zero-order valence-electron chi connectivity index (χ0n) is 16.7. The molecule has 1 aliphatic rings. The van der Waals surface area contributed by atoms with Gasteiger partial charge < -0.3 is 20.5 Å². The largest absolute Gasteiger partial charge is 0.416 e. The molecule has 0 aliphatic carbocycles. The van der Waals surface area contributed by atoms with Crippen molar-refractivity contribution in [2.24, 2.45) is 0 Å². The highest BCUT2D eigenvalue weighted by Gasteiger charge is 2.36. The number of nitrogens with two attached hydrogens (primary N) is 1. The van der Waals surface area contributed by atoms with Crippen LogP contribution in [0.4, 0.5) is 34.8 Å². The highest BCUT2D eigenvalue weighted by Crippen LogP contribution is 2.35. The van der Waals surface area contributed by atoms with Crippen molar-refractivity contribution < 1.29 is 27.2 Å². The molecule has 166 valence electrons. The van der Waals surface area contributed by atoms with E-state index in [1.165, 1.54) is 35.4 Å². The number of fused-ring (bicyclic) bond motifs is 1. The normalized spacial score (nSPS) is 16.1. The van der Waals surface area contributed by atoms with E-state index in [-0.39, 0.29) is 35.0 Å². The standard InChI is InChI=1S/C21H17F4N5O2/c1-11-10-29(14-4-2-13(3-5-14)21(23,24)25)20(32)18-15(9-16(22)30(11)18)28-19(31)12-6-7-27-17(26)8-12/h2-9,11H,10H2,1H3,(H2,26,27)(H,28,31)/t11-/m0/s1. The van der Waals surface area contributed by atoms with Gasteiger partial charge in [-0.25, -0.2) is 4.98 Å². The first-order chi connectivity index (χ1) is 15.1. The van der Waals surface area contributed by atoms with E-state index in [2.05, 4.69) is 10.3 Å². The minimum atomic E-state index is -4.51. The van der Waals surface area contributed by atoms with Crippen LogP contribution in [0, 0.1) is 5.95 Å². The van der Waals surface area contributed by atoms with Gasteiger partial charge in [0.15, 0.2) is 5.95 Å². The Morgan fingerprint density at radius 3 is 2.50 bits per heavy atom. The summed E-state index contributed by atoms with van der Waals surface area (Å²) in [6.45, 7) is 1.70. The Labute approximate surface area is 179 Å². The van der Waals surface area contributed by atoms with E-state index in [0.29, 0.717) is 0 Å². The van der Waals surface area contributed by atoms with E-state index in [9.17, 15) is 27.2 Å². The van der Waals surface area contributed by atoms with Crippen molar-refractivity contribution in [3.8, 4) is 0 Å². The Morgan fingerprint density at radius 2 is 1.88 bits per heavy atom. The molecule has 2 amide bonds. The number of pyridine rings is 1. The molecule has 0 radical (unpaired) electrons. The third-order valence-corrected chi connectivity index (χ3v) is 5.12. The average Bonchev–Trinajstić information content (AvgIpc) is 3.06. The molecule has 0 bridgehead atoms. The molecule has 0 unspecified atom stereocenters. The molecule has 1 atom stereocenters. The molecule has 11 heteroatoms. The number of carbonyl (C=O) groups excluding carboxylic acids is 2. The number of nitrogens with zero attached hydrogens (tertiary/aromatic N) is 3. The SMILES string of the molecule is C[C@H]1CN(c2ccc(C(F)(F)F)cc2)C(=O)c2c(NC(=O)c3ccnc(N)c3)cc(F)n21. The topological polar surface area (TPSA) is 93.2 Å². The fourth-order valence-electron chi connectivity index (χ4n) is 3.63. The number of aromatic nitrogens is 2. The molecule has 7 nitrogen and oxygen atoms in total. The third kappa shape index (κ3) is 3.77. The van der Waals surface area contributed by atoms with E-state index < -0.39 is 35.5 Å². The number of nitrogen functional groups attached to an aromatic ring is 1. The van der Waals surface area contributed by atoms with E-state index in [4.69, 9.17) is 5.73 Å². The Hall–Kier alpha value is -3.89. The second-order valence-electron chi connectivity index (χ2n) is 7.33. The van der Waals surface area contributed by atoms with Gasteiger partial charge in [-0.1, -0.05) is 0 Å². The summed E-state index contributed by atoms with van der Waals surface area (Å²) in [6, 6.07) is 7.34. The number of anilines is 3. The van der Waals surface area contributed by atoms with E-state index in [0.717, 1.165) is 22.8 Å². The number of hydrogen-bond donors (Lipinski definition) is 2. The Bertz CT molecular complexity index is 1200. The van der Waals surface area contributed by atoms with Crippen LogP contribution in [-0.4, -0.2) is 27.9 Å². The van der Waals surface area contributed by atoms with Gasteiger partial charge in [-0.05, 0) is 43.3 Å². The maximum Gasteiger partial charge on any atom is 0.416 e. The summed E-state index contributed by atoms with van der Waals surface area (Å²) in [4.78, 5) is 30.8. The smallest absolute Gasteiger partial charge is 0.384 e. The lowest BCUT2D eigenvalue weighted by Crippen LogP contribution is -2.43. The van der Waals surface area contributed by atoms with Gasteiger partial charge in [0, 0.05) is 30.1 Å². The maximum atomic E-state index is 14.6. The fraction of sp³-hybridized carbons (Fsp3) is 0.190. The van der Waals surface area contributed by atoms with Crippen molar-refractivity contribution in [1.82, 2.24) is 9.55 Å². The molecule has 1 aliphatic heterocycles. The van der Waals surface area contributed by atoms with Crippen LogP contribution >= 0.6 is 0 Å². The summed E-state index contributed by atoms with van der Waals surface area (Å²) >= 11 is 0. The molecule has 0 spiro atoms. The van der Waals surface area contributed by atoms with E-state index in [1.54, 1.807) is 6.92 Å². The van der Waals surface area contributed by atoms with Crippen molar-refractivity contribution >= 4 is 29.0 Å². The second-order valence-corrected chi connectivity index (χ2v) is 7.33. The summed E-state index contributed by atoms with van der Waals surface area (Å²) in [6.07, 6.45) is -3.18. The Morgan fingerprint density at radius 1 is 1.19 bits per heavy atom. The monoisotopic (exact) mass is 447 g/mol. The van der Waals surface area contributed by atoms with Crippen LogP contribution in [0.2, 0.25) is 0 Å². The molecule has 2 aromatic heterocycles. The van der Waals surface area contributed by atoms with Crippen molar-refractivity contribution in [1.29, 1.82) is 0 Å². The summed E-state index contributed by atoms with van der Waals surface area (Å²) in [5.41, 5.74) is 4.94. The average molecular weight is 447 g/mol. The minimum Gasteiger partial charge on any atom is -0.384 e. The number of hydrogen-bond acceptors (Lipinski definition) is 4. The first-order valence-electron chi connectivity index (χ1n) is 9.49. The highest BCUT2D eigenvalue weighted by atomic mass is 19.4. The molecule has 0 fully saturated rings. The number of alkyl halides is 3. The molecular weight excluding hydrogens is 430 g/mol. The number of nitrogens with one attached hydrogen (secondary N) is 1. The number of rotatable bonds is 3. The quantitative estimate of drug-likeness (QED) is 0.592. The molecule has 0 saturated carbocycles. The van der Waals surface area contributed by atoms with Crippen LogP contribution in [0.15, 0.2) is 48.7 Å². The lowest BCUT2D eigenvalue weighted by Gasteiger charge is -2.33. The Kier molecular flexibility index (Phi) is 5.11. The maximum absolute atomic E-state index is 14.6. The van der Waals surface area contributed by atoms with E-state index in [1.807, 2.05) is 0 Å². The van der Waals surface area contributed by atoms with Gasteiger partial charge in [-0.2, -0.15) is 17.6 Å². The molecule has 1 aromatic carbocycles. The van der Waals surface area contributed by atoms with Crippen LogP contribution in [0.1, 0.15) is 39.4 Å². The van der Waals surface area contributed by atoms with Crippen LogP contribution in [-0.2, 0) is 6.18 Å². The van der Waals surface area contributed by atoms with Crippen molar-refractivity contribution in [3.05, 3.63) is 71.4 Å². The number of amides is 2. The summed E-state index contributed by atoms with van der Waals surface area (Å²) < 4.78 is 54.4. The molecular formula is C21H17F4N5O2. The third-order valence-electron chi connectivity index (χ3n) is 5.12. The minimum absolute atomic E-state index is 0.0388. The van der Waals surface area contributed by atoms with Crippen LogP contribution in [0.5, 0.6) is 0 Å². The zero-order valence-corrected chi connectivity index (χ0v) is 16.7. The van der Waals surface area contributed by atoms with Gasteiger partial charge in [-0.15, -0.1) is 0 Å². The Balaban J connectivity index is 1.68. The van der Waals surface area contributed by atoms with Gasteiger partial charge in [0.05, 0.1) is 17.3 Å². The first kappa shape index (κ1) is 21.3. The molecule has 0 saturated heterocycles. The molecule has 4 rings (SSSR count). The second kappa shape index (κ2) is 7.66. The number of benzene rings is 1. The highest BCUT2D eigenvalue weighted by molar-refractivity contribution is 6.13. The van der Waals surface area contributed by atoms with Crippen molar-refractivity contribution in [3.63, 3.8) is 0 Å². The van der Waals surface area contributed by atoms with Gasteiger partial charge in [-0.3, -0.25) is 9.59 Å². The van der Waals surface area contributed by atoms with Crippen LogP contribution < -0.4 is 16.0 Å². The molecule has 3 N–H and O–H groups in total. The lowest BCUT2D eigenvalue weighted by atomic mass is 10.1. The zero-order chi connectivity index (χ0) is 23.2. The molecule has 3 heterocycles. The predicted molar refractivity (Wildman–Crippen MR) is 109 cm³/mol. The number of carbonyl (C=O) groups is 2. The lowest BCUT2D eigenvalue weighted by molar-refractivity contribution is -0.137. The summed E-state index contributed by atoms with van der Waals surface area (Å²) in [5, 5.41) is 2.51. The van der Waals surface area contributed by atoms with Gasteiger partial charge in [0.1, 0.15) is 11.5 Å². The summed E-state index contributed by atoms with van der Waals surface area (Å²) in [7, 11) is 0. The van der Waals surface area contributed by atoms with Gasteiger partial charge in [0.2, 0.25) is 0 Å². The van der Waals surface area contributed by atoms with Crippen LogP contribution in [0.3, 0.4) is 0 Å². The van der Waals surface area contributed by atoms with Gasteiger partial charge in [0.25, 0.3) is 11.8 Å². The molecule has 3 aromatic rings. The molecule has 32 heavy (non-hydrogen) atoms. The summed E-state index contributed by atoms with van der Waals surface area (Å²) in [5.74, 6) is -1.89. The fourth-order valence-corrected chi connectivity index (χ4v) is 3.63. The number of halogens is 4. The van der Waals surface area contributed by atoms with Crippen molar-refractivity contribution in [2.45, 2.75) is 19.1 Å². The predicted octanol–water partition coefficient (Wildman–Crippen LogP) is 4.10. The van der Waals surface area contributed by atoms with E-state index >= 15 is 0 Å². The van der Waals surface area contributed by atoms with Crippen LogP contribution in [0.25, 0.3) is 0 Å². The van der Waals surface area contributed by atoms with Crippen molar-refractivity contribution in [2.75, 3.05) is 22.5 Å². The van der Waals surface area contributed by atoms with Gasteiger partial charge >= 0.3 is 6.18 Å². The first-order valence-corrected chi connectivity index (χ1v) is 9.49.